The highest BCUT2D eigenvalue weighted by Gasteiger charge is 2.35. The van der Waals surface area contributed by atoms with Crippen LogP contribution in [0.15, 0.2) is 42.5 Å². The Balaban J connectivity index is 1.56. The van der Waals surface area contributed by atoms with Crippen molar-refractivity contribution in [1.29, 1.82) is 0 Å². The Bertz CT molecular complexity index is 766. The number of fused-ring (bicyclic) bond motifs is 1. The van der Waals surface area contributed by atoms with Crippen molar-refractivity contribution in [1.82, 2.24) is 5.32 Å². The van der Waals surface area contributed by atoms with Crippen molar-refractivity contribution in [2.24, 2.45) is 0 Å². The lowest BCUT2D eigenvalue weighted by atomic mass is 9.73. The molecule has 0 radical (unpaired) electrons. The van der Waals surface area contributed by atoms with Gasteiger partial charge in [0.05, 0.1) is 7.11 Å². The van der Waals surface area contributed by atoms with Gasteiger partial charge in [0.2, 0.25) is 0 Å². The number of phenols is 1. The summed E-state index contributed by atoms with van der Waals surface area (Å²) in [6.45, 7) is 2.52. The van der Waals surface area contributed by atoms with E-state index >= 15 is 0 Å². The maximum atomic E-state index is 10.2. The number of rotatable bonds is 5. The van der Waals surface area contributed by atoms with Gasteiger partial charge in [0.1, 0.15) is 11.5 Å². The summed E-state index contributed by atoms with van der Waals surface area (Å²) in [5.74, 6) is 1.33. The molecule has 4 heteroatoms. The summed E-state index contributed by atoms with van der Waals surface area (Å²) >= 11 is 0. The molecule has 0 bridgehead atoms. The zero-order valence-electron chi connectivity index (χ0n) is 16.0. The van der Waals surface area contributed by atoms with Crippen molar-refractivity contribution in [3.63, 3.8) is 0 Å². The van der Waals surface area contributed by atoms with Gasteiger partial charge in [-0.3, -0.25) is 0 Å². The summed E-state index contributed by atoms with van der Waals surface area (Å²) in [6, 6.07) is 14.7. The second-order valence-electron chi connectivity index (χ2n) is 7.79. The van der Waals surface area contributed by atoms with E-state index in [1.165, 1.54) is 11.1 Å². The molecule has 2 aromatic carbocycles. The molecule has 0 amide bonds. The minimum absolute atomic E-state index is 0.0823. The van der Waals surface area contributed by atoms with Crippen molar-refractivity contribution >= 4 is 0 Å². The lowest BCUT2D eigenvalue weighted by molar-refractivity contribution is 0.0486. The number of methoxy groups -OCH3 is 1. The largest absolute Gasteiger partial charge is 0.508 e. The van der Waals surface area contributed by atoms with Crippen LogP contribution in [0.25, 0.3) is 0 Å². The van der Waals surface area contributed by atoms with Crippen LogP contribution in [0.5, 0.6) is 11.5 Å². The first-order chi connectivity index (χ1) is 13.2. The number of hydrogen-bond donors (Lipinski definition) is 2. The molecule has 2 aliphatic rings. The number of ether oxygens (including phenoxy) is 2. The minimum Gasteiger partial charge on any atom is -0.508 e. The molecule has 1 aliphatic carbocycles. The quantitative estimate of drug-likeness (QED) is 0.835. The van der Waals surface area contributed by atoms with Crippen LogP contribution < -0.4 is 10.1 Å². The van der Waals surface area contributed by atoms with Gasteiger partial charge in [-0.2, -0.15) is 0 Å². The monoisotopic (exact) mass is 367 g/mol. The van der Waals surface area contributed by atoms with Gasteiger partial charge in [-0.15, -0.1) is 0 Å². The predicted molar refractivity (Wildman–Crippen MR) is 107 cm³/mol. The van der Waals surface area contributed by atoms with Gasteiger partial charge >= 0.3 is 0 Å². The normalized spacial score (nSPS) is 21.4. The molecule has 0 aromatic heterocycles. The molecule has 1 unspecified atom stereocenters. The van der Waals surface area contributed by atoms with E-state index in [-0.39, 0.29) is 5.41 Å². The zero-order chi connectivity index (χ0) is 18.7. The number of nitrogens with one attached hydrogen (secondary N) is 1. The molecule has 144 valence electrons. The van der Waals surface area contributed by atoms with Crippen LogP contribution in [0.4, 0.5) is 0 Å². The van der Waals surface area contributed by atoms with Gasteiger partial charge in [0.25, 0.3) is 0 Å². The molecule has 2 N–H and O–H groups in total. The average Bonchev–Trinajstić information content (AvgIpc) is 2.73. The van der Waals surface area contributed by atoms with Gasteiger partial charge in [0.15, 0.2) is 0 Å². The molecule has 0 spiro atoms. The van der Waals surface area contributed by atoms with Crippen LogP contribution in [0.2, 0.25) is 0 Å². The predicted octanol–water partition coefficient (Wildman–Crippen LogP) is 4.12. The summed E-state index contributed by atoms with van der Waals surface area (Å²) in [7, 11) is 1.71. The highest BCUT2D eigenvalue weighted by atomic mass is 16.5. The molecule has 2 aromatic rings. The Labute approximate surface area is 161 Å². The molecular formula is C23H29NO3. The first-order valence-corrected chi connectivity index (χ1v) is 9.98. The van der Waals surface area contributed by atoms with E-state index in [1.54, 1.807) is 13.2 Å². The van der Waals surface area contributed by atoms with Crippen LogP contribution >= 0.6 is 0 Å². The fraction of sp³-hybridized carbons (Fsp3) is 0.478. The van der Waals surface area contributed by atoms with E-state index in [4.69, 9.17) is 9.47 Å². The van der Waals surface area contributed by atoms with E-state index < -0.39 is 0 Å². The van der Waals surface area contributed by atoms with E-state index in [1.807, 2.05) is 6.07 Å². The Hall–Kier alpha value is -2.04. The van der Waals surface area contributed by atoms with Crippen molar-refractivity contribution in [3.8, 4) is 11.5 Å². The molecule has 1 heterocycles. The Morgan fingerprint density at radius 3 is 2.67 bits per heavy atom. The topological polar surface area (TPSA) is 50.7 Å². The van der Waals surface area contributed by atoms with Crippen LogP contribution in [0.1, 0.15) is 48.4 Å². The number of aromatic hydroxyl groups is 1. The molecule has 0 saturated carbocycles. The maximum absolute atomic E-state index is 10.2. The van der Waals surface area contributed by atoms with E-state index in [9.17, 15) is 5.11 Å². The molecular weight excluding hydrogens is 338 g/mol. The van der Waals surface area contributed by atoms with Gasteiger partial charge in [-0.1, -0.05) is 24.3 Å². The Morgan fingerprint density at radius 2 is 1.93 bits per heavy atom. The first kappa shape index (κ1) is 18.3. The SMILES string of the molecule is COc1ccc(C2(CNC3CCCc4c(O)cccc43)CCOCC2)cc1. The second kappa shape index (κ2) is 7.91. The van der Waals surface area contributed by atoms with Crippen LogP contribution in [-0.2, 0) is 16.6 Å². The smallest absolute Gasteiger partial charge is 0.119 e. The average molecular weight is 367 g/mol. The molecule has 4 nitrogen and oxygen atoms in total. The standard InChI is InChI=1S/C23H29NO3/c1-26-18-10-8-17(9-11-18)23(12-14-27-15-13-23)16-24-21-6-2-5-20-19(21)4-3-7-22(20)25/h3-4,7-11,21,24-25H,2,5-6,12-16H2,1H3. The summed E-state index contributed by atoms with van der Waals surface area (Å²) in [5, 5.41) is 14.1. The minimum atomic E-state index is 0.0823. The van der Waals surface area contributed by atoms with Gasteiger partial charge < -0.3 is 19.9 Å². The molecule has 1 fully saturated rings. The Morgan fingerprint density at radius 1 is 1.15 bits per heavy atom. The van der Waals surface area contributed by atoms with Gasteiger partial charge in [0, 0.05) is 31.2 Å². The fourth-order valence-electron chi connectivity index (χ4n) is 4.63. The Kier molecular flexibility index (Phi) is 5.37. The number of phenolic OH excluding ortho intramolecular Hbond substituents is 1. The molecule has 4 rings (SSSR count). The number of benzene rings is 2. The van der Waals surface area contributed by atoms with Crippen molar-refractivity contribution in [3.05, 3.63) is 59.2 Å². The second-order valence-corrected chi connectivity index (χ2v) is 7.79. The summed E-state index contributed by atoms with van der Waals surface area (Å²) in [4.78, 5) is 0. The van der Waals surface area contributed by atoms with Crippen molar-refractivity contribution < 1.29 is 14.6 Å². The van der Waals surface area contributed by atoms with E-state index in [0.717, 1.165) is 63.2 Å². The van der Waals surface area contributed by atoms with Crippen molar-refractivity contribution in [2.75, 3.05) is 26.9 Å². The molecule has 1 saturated heterocycles. The van der Waals surface area contributed by atoms with Crippen molar-refractivity contribution in [2.45, 2.75) is 43.6 Å². The zero-order valence-corrected chi connectivity index (χ0v) is 16.0. The molecule has 1 atom stereocenters. The maximum Gasteiger partial charge on any atom is 0.119 e. The van der Waals surface area contributed by atoms with Gasteiger partial charge in [-0.05, 0) is 67.0 Å². The molecule has 27 heavy (non-hydrogen) atoms. The third kappa shape index (κ3) is 3.69. The van der Waals surface area contributed by atoms with Crippen LogP contribution in [-0.4, -0.2) is 32.0 Å². The summed E-state index contributed by atoms with van der Waals surface area (Å²) < 4.78 is 11.0. The highest BCUT2D eigenvalue weighted by molar-refractivity contribution is 5.42. The van der Waals surface area contributed by atoms with Crippen LogP contribution in [0, 0.1) is 0 Å². The third-order valence-electron chi connectivity index (χ3n) is 6.32. The highest BCUT2D eigenvalue weighted by Crippen LogP contribution is 2.38. The fourth-order valence-corrected chi connectivity index (χ4v) is 4.63. The lowest BCUT2D eigenvalue weighted by Crippen LogP contribution is -2.44. The van der Waals surface area contributed by atoms with Gasteiger partial charge in [-0.25, -0.2) is 0 Å². The summed E-state index contributed by atoms with van der Waals surface area (Å²) in [6.07, 6.45) is 5.24. The lowest BCUT2D eigenvalue weighted by Gasteiger charge is -2.40. The first-order valence-electron chi connectivity index (χ1n) is 9.98. The number of hydrogen-bond acceptors (Lipinski definition) is 4. The van der Waals surface area contributed by atoms with Crippen LogP contribution in [0.3, 0.4) is 0 Å². The third-order valence-corrected chi connectivity index (χ3v) is 6.32. The summed E-state index contributed by atoms with van der Waals surface area (Å²) in [5.41, 5.74) is 3.81. The van der Waals surface area contributed by atoms with E-state index in [0.29, 0.717) is 11.8 Å². The van der Waals surface area contributed by atoms with E-state index in [2.05, 4.69) is 35.6 Å². The molecule has 1 aliphatic heterocycles.